The largest absolute Gasteiger partial charge is 0.382 e. The normalized spacial score (nSPS) is 10.5. The first-order valence-electron chi connectivity index (χ1n) is 4.50. The van der Waals surface area contributed by atoms with Gasteiger partial charge in [0.1, 0.15) is 5.82 Å². The van der Waals surface area contributed by atoms with Crippen LogP contribution in [0.1, 0.15) is 20.8 Å². The molecule has 0 spiro atoms. The number of anilines is 2. The molecular weight excluding hydrogens is 164 g/mol. The molecule has 2 N–H and O–H groups in total. The van der Waals surface area contributed by atoms with Crippen LogP contribution in [0.15, 0.2) is 12.3 Å². The van der Waals surface area contributed by atoms with Gasteiger partial charge in [0.05, 0.1) is 11.9 Å². The molecule has 1 heterocycles. The molecule has 0 aliphatic rings. The first-order chi connectivity index (χ1) is 6.15. The predicted molar refractivity (Wildman–Crippen MR) is 54.6 cm³/mol. The third kappa shape index (κ3) is 2.31. The minimum atomic E-state index is 0.452. The maximum atomic E-state index is 5.55. The van der Waals surface area contributed by atoms with E-state index in [1.807, 2.05) is 6.07 Å². The highest BCUT2D eigenvalue weighted by Gasteiger charge is 2.08. The van der Waals surface area contributed by atoms with Crippen molar-refractivity contribution in [2.45, 2.75) is 26.8 Å². The number of nitrogens with zero attached hydrogens (tertiary/aromatic N) is 3. The van der Waals surface area contributed by atoms with E-state index < -0.39 is 0 Å². The fraction of sp³-hybridized carbons (Fsp3) is 0.556. The molecule has 0 bridgehead atoms. The molecule has 0 unspecified atom stereocenters. The van der Waals surface area contributed by atoms with Crippen LogP contribution in [-0.4, -0.2) is 22.8 Å². The summed E-state index contributed by atoms with van der Waals surface area (Å²) in [6.07, 6.45) is 1.74. The average Bonchev–Trinajstić information content (AvgIpc) is 2.04. The van der Waals surface area contributed by atoms with Crippen LogP contribution in [0.4, 0.5) is 11.5 Å². The van der Waals surface area contributed by atoms with Gasteiger partial charge in [-0.2, -0.15) is 5.10 Å². The molecule has 1 aromatic rings. The summed E-state index contributed by atoms with van der Waals surface area (Å²) in [6.45, 7) is 7.33. The van der Waals surface area contributed by atoms with Crippen molar-refractivity contribution < 1.29 is 0 Å². The average molecular weight is 180 g/mol. The van der Waals surface area contributed by atoms with Crippen LogP contribution in [0.5, 0.6) is 0 Å². The Morgan fingerprint density at radius 3 is 2.69 bits per heavy atom. The molecule has 72 valence electrons. The monoisotopic (exact) mass is 180 g/mol. The van der Waals surface area contributed by atoms with Gasteiger partial charge in [-0.15, -0.1) is 5.10 Å². The molecule has 0 saturated carbocycles. The van der Waals surface area contributed by atoms with Crippen LogP contribution < -0.4 is 10.6 Å². The van der Waals surface area contributed by atoms with Crippen molar-refractivity contribution in [2.24, 2.45) is 0 Å². The van der Waals surface area contributed by atoms with Gasteiger partial charge in [-0.1, -0.05) is 0 Å². The second kappa shape index (κ2) is 4.07. The third-order valence-electron chi connectivity index (χ3n) is 1.95. The predicted octanol–water partition coefficient (Wildman–Crippen LogP) is 1.29. The molecule has 0 aromatic carbocycles. The summed E-state index contributed by atoms with van der Waals surface area (Å²) in [5, 5.41) is 7.54. The van der Waals surface area contributed by atoms with E-state index in [1.165, 1.54) is 0 Å². The summed E-state index contributed by atoms with van der Waals surface area (Å²) in [6, 6.07) is 2.30. The lowest BCUT2D eigenvalue weighted by atomic mass is 10.3. The Morgan fingerprint density at radius 1 is 1.54 bits per heavy atom. The lowest BCUT2D eigenvalue weighted by Gasteiger charge is -2.26. The first kappa shape index (κ1) is 9.77. The van der Waals surface area contributed by atoms with Crippen molar-refractivity contribution in [2.75, 3.05) is 17.2 Å². The summed E-state index contributed by atoms with van der Waals surface area (Å²) in [5.74, 6) is 0.469. The number of rotatable bonds is 3. The molecular formula is C9H16N4. The Labute approximate surface area is 78.8 Å². The number of nitrogens with two attached hydrogens (primary N) is 1. The van der Waals surface area contributed by atoms with Crippen LogP contribution in [0.3, 0.4) is 0 Å². The van der Waals surface area contributed by atoms with Gasteiger partial charge in [-0.05, 0) is 20.8 Å². The van der Waals surface area contributed by atoms with E-state index in [4.69, 9.17) is 5.73 Å². The molecule has 4 nitrogen and oxygen atoms in total. The van der Waals surface area contributed by atoms with Crippen molar-refractivity contribution in [1.29, 1.82) is 0 Å². The van der Waals surface area contributed by atoms with Crippen molar-refractivity contribution in [1.82, 2.24) is 10.2 Å². The first-order valence-corrected chi connectivity index (χ1v) is 4.50. The summed E-state index contributed by atoms with van der Waals surface area (Å²) < 4.78 is 0. The van der Waals surface area contributed by atoms with Gasteiger partial charge in [0.2, 0.25) is 0 Å². The zero-order valence-electron chi connectivity index (χ0n) is 8.36. The van der Waals surface area contributed by atoms with Crippen LogP contribution in [0.2, 0.25) is 0 Å². The van der Waals surface area contributed by atoms with Crippen LogP contribution >= 0.6 is 0 Å². The highest BCUT2D eigenvalue weighted by molar-refractivity contribution is 5.50. The standard InChI is InChI=1S/C9H16N4/c1-4-13(7(2)3)8-5-9(10)12-11-6-8/h5-7H,4H2,1-3H3,(H2,10,12). The third-order valence-corrected chi connectivity index (χ3v) is 1.95. The van der Waals surface area contributed by atoms with E-state index in [1.54, 1.807) is 6.20 Å². The van der Waals surface area contributed by atoms with Crippen LogP contribution in [-0.2, 0) is 0 Å². The quantitative estimate of drug-likeness (QED) is 0.761. The maximum Gasteiger partial charge on any atom is 0.148 e. The summed E-state index contributed by atoms with van der Waals surface area (Å²) in [7, 11) is 0. The van der Waals surface area contributed by atoms with E-state index >= 15 is 0 Å². The number of nitrogen functional groups attached to an aromatic ring is 1. The highest BCUT2D eigenvalue weighted by Crippen LogP contribution is 2.16. The molecule has 1 rings (SSSR count). The van der Waals surface area contributed by atoms with E-state index in [-0.39, 0.29) is 0 Å². The van der Waals surface area contributed by atoms with Gasteiger partial charge in [0, 0.05) is 18.7 Å². The van der Waals surface area contributed by atoms with E-state index in [0.29, 0.717) is 11.9 Å². The molecule has 0 atom stereocenters. The Hall–Kier alpha value is -1.32. The Balaban J connectivity index is 2.91. The smallest absolute Gasteiger partial charge is 0.148 e. The molecule has 0 amide bonds. The van der Waals surface area contributed by atoms with Crippen molar-refractivity contribution in [3.63, 3.8) is 0 Å². The second-order valence-electron chi connectivity index (χ2n) is 3.22. The molecule has 13 heavy (non-hydrogen) atoms. The van der Waals surface area contributed by atoms with E-state index in [9.17, 15) is 0 Å². The van der Waals surface area contributed by atoms with Gasteiger partial charge in [0.25, 0.3) is 0 Å². The molecule has 1 aromatic heterocycles. The van der Waals surface area contributed by atoms with E-state index in [0.717, 1.165) is 12.2 Å². The minimum Gasteiger partial charge on any atom is -0.382 e. The molecule has 0 saturated heterocycles. The van der Waals surface area contributed by atoms with Gasteiger partial charge in [0.15, 0.2) is 0 Å². The topological polar surface area (TPSA) is 55.0 Å². The Morgan fingerprint density at radius 2 is 2.23 bits per heavy atom. The van der Waals surface area contributed by atoms with Gasteiger partial charge < -0.3 is 10.6 Å². The van der Waals surface area contributed by atoms with E-state index in [2.05, 4.69) is 35.9 Å². The fourth-order valence-corrected chi connectivity index (χ4v) is 1.38. The lowest BCUT2D eigenvalue weighted by molar-refractivity contribution is 0.700. The van der Waals surface area contributed by atoms with Crippen LogP contribution in [0, 0.1) is 0 Å². The van der Waals surface area contributed by atoms with Gasteiger partial charge in [-0.3, -0.25) is 0 Å². The van der Waals surface area contributed by atoms with Crippen molar-refractivity contribution in [3.05, 3.63) is 12.3 Å². The summed E-state index contributed by atoms with van der Waals surface area (Å²) in [5.41, 5.74) is 6.58. The number of hydrogen-bond donors (Lipinski definition) is 1. The summed E-state index contributed by atoms with van der Waals surface area (Å²) >= 11 is 0. The minimum absolute atomic E-state index is 0.452. The fourth-order valence-electron chi connectivity index (χ4n) is 1.38. The Kier molecular flexibility index (Phi) is 3.06. The summed E-state index contributed by atoms with van der Waals surface area (Å²) in [4.78, 5) is 2.21. The highest BCUT2D eigenvalue weighted by atomic mass is 15.2. The van der Waals surface area contributed by atoms with Gasteiger partial charge in [-0.25, -0.2) is 0 Å². The molecule has 0 radical (unpaired) electrons. The SMILES string of the molecule is CCN(c1cnnc(N)c1)C(C)C. The lowest BCUT2D eigenvalue weighted by Crippen LogP contribution is -2.30. The number of hydrogen-bond acceptors (Lipinski definition) is 4. The molecule has 0 aliphatic carbocycles. The molecule has 0 fully saturated rings. The van der Waals surface area contributed by atoms with Crippen molar-refractivity contribution in [3.8, 4) is 0 Å². The maximum absolute atomic E-state index is 5.55. The zero-order chi connectivity index (χ0) is 9.84. The molecule has 4 heteroatoms. The van der Waals surface area contributed by atoms with Gasteiger partial charge >= 0.3 is 0 Å². The molecule has 0 aliphatic heterocycles. The second-order valence-corrected chi connectivity index (χ2v) is 3.22. The van der Waals surface area contributed by atoms with Crippen molar-refractivity contribution >= 4 is 11.5 Å². The zero-order valence-corrected chi connectivity index (χ0v) is 8.36. The Bertz CT molecular complexity index is 272. The number of aromatic nitrogens is 2. The van der Waals surface area contributed by atoms with Crippen LogP contribution in [0.25, 0.3) is 0 Å².